The first kappa shape index (κ1) is 16.0. The van der Waals surface area contributed by atoms with Crippen LogP contribution in [0.2, 0.25) is 5.02 Å². The molecule has 6 heteroatoms. The molecule has 1 aromatic heterocycles. The number of aromatic nitrogens is 2. The molecule has 1 N–H and O–H groups in total. The molecule has 0 bridgehead atoms. The second kappa shape index (κ2) is 6.72. The van der Waals surface area contributed by atoms with Crippen LogP contribution in [0.1, 0.15) is 18.4 Å². The van der Waals surface area contributed by atoms with Gasteiger partial charge in [0.05, 0.1) is 19.0 Å². The first-order valence-electron chi connectivity index (χ1n) is 7.62. The van der Waals surface area contributed by atoms with Crippen LogP contribution in [0, 0.1) is 5.41 Å². The normalized spacial score (nSPS) is 15.3. The molecule has 3 rings (SSSR count). The molecule has 0 unspecified atom stereocenters. The molecule has 0 radical (unpaired) electrons. The summed E-state index contributed by atoms with van der Waals surface area (Å²) in [4.78, 5) is 10.7. The van der Waals surface area contributed by atoms with Gasteiger partial charge in [0.2, 0.25) is 5.88 Å². The lowest BCUT2D eigenvalue weighted by Crippen LogP contribution is -2.29. The van der Waals surface area contributed by atoms with Gasteiger partial charge in [-0.05, 0) is 30.5 Å². The molecule has 1 aliphatic carbocycles. The van der Waals surface area contributed by atoms with Crippen molar-refractivity contribution in [3.05, 3.63) is 47.2 Å². The van der Waals surface area contributed by atoms with Gasteiger partial charge in [0.1, 0.15) is 6.61 Å². The quantitative estimate of drug-likeness (QED) is 0.844. The lowest BCUT2D eigenvalue weighted by atomic mass is 10.1. The molecular weight excluding hydrogens is 314 g/mol. The van der Waals surface area contributed by atoms with Crippen LogP contribution in [0.3, 0.4) is 0 Å². The lowest BCUT2D eigenvalue weighted by molar-refractivity contribution is 0.215. The second-order valence-corrected chi connectivity index (χ2v) is 6.58. The van der Waals surface area contributed by atoms with Crippen molar-refractivity contribution >= 4 is 17.4 Å². The Hall–Kier alpha value is -1.85. The van der Waals surface area contributed by atoms with E-state index in [2.05, 4.69) is 9.97 Å². The third-order valence-corrected chi connectivity index (χ3v) is 4.37. The van der Waals surface area contributed by atoms with E-state index in [1.807, 2.05) is 36.2 Å². The van der Waals surface area contributed by atoms with E-state index in [4.69, 9.17) is 16.3 Å². The summed E-state index contributed by atoms with van der Waals surface area (Å²) in [7, 11) is 1.96. The zero-order valence-electron chi connectivity index (χ0n) is 13.1. The molecule has 0 saturated heterocycles. The molecule has 1 saturated carbocycles. The summed E-state index contributed by atoms with van der Waals surface area (Å²) < 4.78 is 5.70. The maximum atomic E-state index is 9.44. The summed E-state index contributed by atoms with van der Waals surface area (Å²) in [6, 6.07) is 7.53. The number of hydrogen-bond donors (Lipinski definition) is 1. The summed E-state index contributed by atoms with van der Waals surface area (Å²) >= 11 is 5.96. The van der Waals surface area contributed by atoms with Gasteiger partial charge in [-0.2, -0.15) is 4.98 Å². The Bertz CT molecular complexity index is 676. The van der Waals surface area contributed by atoms with Crippen molar-refractivity contribution in [3.8, 4) is 5.88 Å². The highest BCUT2D eigenvalue weighted by Crippen LogP contribution is 2.45. The maximum Gasteiger partial charge on any atom is 0.234 e. The fraction of sp³-hybridized carbons (Fsp3) is 0.412. The van der Waals surface area contributed by atoms with Gasteiger partial charge in [-0.25, -0.2) is 0 Å². The van der Waals surface area contributed by atoms with E-state index in [-0.39, 0.29) is 12.0 Å². The summed E-state index contributed by atoms with van der Waals surface area (Å²) in [5, 5.41) is 10.1. The molecule has 0 aliphatic heterocycles. The summed E-state index contributed by atoms with van der Waals surface area (Å²) in [5.74, 6) is 1.22. The number of hydrogen-bond acceptors (Lipinski definition) is 5. The highest BCUT2D eigenvalue weighted by atomic mass is 35.5. The van der Waals surface area contributed by atoms with E-state index < -0.39 is 0 Å². The third kappa shape index (κ3) is 4.12. The van der Waals surface area contributed by atoms with Crippen molar-refractivity contribution in [1.82, 2.24) is 9.97 Å². The molecule has 1 aliphatic rings. The number of rotatable bonds is 7. The van der Waals surface area contributed by atoms with Crippen molar-refractivity contribution in [3.63, 3.8) is 0 Å². The summed E-state index contributed by atoms with van der Waals surface area (Å²) in [5.41, 5.74) is 1.02. The van der Waals surface area contributed by atoms with Crippen molar-refractivity contribution in [2.75, 3.05) is 25.1 Å². The van der Waals surface area contributed by atoms with Gasteiger partial charge >= 0.3 is 0 Å². The predicted molar refractivity (Wildman–Crippen MR) is 89.8 cm³/mol. The minimum Gasteiger partial charge on any atom is -0.472 e. The van der Waals surface area contributed by atoms with E-state index in [1.165, 1.54) is 0 Å². The number of halogens is 1. The standard InChI is InChI=1S/C17H20ClN3O2/c1-21(11-17(12-22)5-6-17)15-8-19-9-16(20-15)23-10-13-3-2-4-14(18)7-13/h2-4,7-9,22H,5-6,10-12H2,1H3. The van der Waals surface area contributed by atoms with Crippen LogP contribution >= 0.6 is 11.6 Å². The van der Waals surface area contributed by atoms with Gasteiger partial charge in [0.15, 0.2) is 5.82 Å². The Kier molecular flexibility index (Phi) is 4.68. The number of aliphatic hydroxyl groups is 1. The summed E-state index contributed by atoms with van der Waals surface area (Å²) in [6.07, 6.45) is 5.43. The molecule has 122 valence electrons. The van der Waals surface area contributed by atoms with Crippen LogP contribution in [0.5, 0.6) is 5.88 Å². The Morgan fingerprint density at radius 1 is 1.35 bits per heavy atom. The summed E-state index contributed by atoms with van der Waals surface area (Å²) in [6.45, 7) is 1.38. The molecule has 1 fully saturated rings. The van der Waals surface area contributed by atoms with Gasteiger partial charge < -0.3 is 14.7 Å². The topological polar surface area (TPSA) is 58.5 Å². The molecule has 1 aromatic carbocycles. The Balaban J connectivity index is 1.63. The van der Waals surface area contributed by atoms with Crippen LogP contribution in [0.15, 0.2) is 36.7 Å². The SMILES string of the molecule is CN(CC1(CO)CC1)c1cncc(OCc2cccc(Cl)c2)n1. The van der Waals surface area contributed by atoms with E-state index in [0.29, 0.717) is 17.5 Å². The van der Waals surface area contributed by atoms with Crippen molar-refractivity contribution in [1.29, 1.82) is 0 Å². The second-order valence-electron chi connectivity index (χ2n) is 6.15. The molecule has 23 heavy (non-hydrogen) atoms. The van der Waals surface area contributed by atoms with Gasteiger partial charge in [0.25, 0.3) is 0 Å². The fourth-order valence-electron chi connectivity index (χ4n) is 2.50. The number of anilines is 1. The molecule has 2 aromatic rings. The smallest absolute Gasteiger partial charge is 0.234 e. The van der Waals surface area contributed by atoms with E-state index in [1.54, 1.807) is 12.4 Å². The van der Waals surface area contributed by atoms with Crippen LogP contribution in [0.25, 0.3) is 0 Å². The molecule has 5 nitrogen and oxygen atoms in total. The van der Waals surface area contributed by atoms with E-state index in [9.17, 15) is 5.11 Å². The average molecular weight is 334 g/mol. The van der Waals surface area contributed by atoms with Gasteiger partial charge in [0, 0.05) is 24.0 Å². The number of aliphatic hydroxyl groups excluding tert-OH is 1. The molecule has 0 amide bonds. The Labute approximate surface area is 140 Å². The Morgan fingerprint density at radius 3 is 2.87 bits per heavy atom. The maximum absolute atomic E-state index is 9.44. The molecule has 1 heterocycles. The monoisotopic (exact) mass is 333 g/mol. The molecular formula is C17H20ClN3O2. The minimum absolute atomic E-state index is 0.0358. The first-order valence-corrected chi connectivity index (χ1v) is 7.99. The average Bonchev–Trinajstić information content (AvgIpc) is 3.33. The van der Waals surface area contributed by atoms with Crippen molar-refractivity contribution in [2.24, 2.45) is 5.41 Å². The highest BCUT2D eigenvalue weighted by Gasteiger charge is 2.43. The number of benzene rings is 1. The fourth-order valence-corrected chi connectivity index (χ4v) is 2.72. The Morgan fingerprint density at radius 2 is 2.17 bits per heavy atom. The van der Waals surface area contributed by atoms with Gasteiger partial charge in [-0.3, -0.25) is 4.98 Å². The van der Waals surface area contributed by atoms with Crippen molar-refractivity contribution in [2.45, 2.75) is 19.4 Å². The first-order chi connectivity index (χ1) is 11.1. The van der Waals surface area contributed by atoms with Crippen LogP contribution in [-0.2, 0) is 6.61 Å². The van der Waals surface area contributed by atoms with E-state index >= 15 is 0 Å². The van der Waals surface area contributed by atoms with E-state index in [0.717, 1.165) is 30.8 Å². The molecule has 0 atom stereocenters. The third-order valence-electron chi connectivity index (χ3n) is 4.13. The zero-order valence-corrected chi connectivity index (χ0v) is 13.8. The van der Waals surface area contributed by atoms with Gasteiger partial charge in [-0.1, -0.05) is 23.7 Å². The molecule has 0 spiro atoms. The van der Waals surface area contributed by atoms with Crippen LogP contribution in [0.4, 0.5) is 5.82 Å². The van der Waals surface area contributed by atoms with Gasteiger partial charge in [-0.15, -0.1) is 0 Å². The number of ether oxygens (including phenoxy) is 1. The van der Waals surface area contributed by atoms with Crippen molar-refractivity contribution < 1.29 is 9.84 Å². The predicted octanol–water partition coefficient (Wildman–Crippen LogP) is 2.92. The minimum atomic E-state index is 0.0358. The highest BCUT2D eigenvalue weighted by molar-refractivity contribution is 6.30. The largest absolute Gasteiger partial charge is 0.472 e. The number of nitrogens with zero attached hydrogens (tertiary/aromatic N) is 3. The van der Waals surface area contributed by atoms with Crippen LogP contribution in [-0.4, -0.2) is 35.3 Å². The van der Waals surface area contributed by atoms with Crippen LogP contribution < -0.4 is 9.64 Å². The lowest BCUT2D eigenvalue weighted by Gasteiger charge is -2.23. The zero-order chi connectivity index (χ0) is 16.3.